The van der Waals surface area contributed by atoms with Crippen LogP contribution in [0.2, 0.25) is 5.02 Å². The molecule has 1 aromatic carbocycles. The van der Waals surface area contributed by atoms with Gasteiger partial charge in [-0.05, 0) is 23.8 Å². The first-order chi connectivity index (χ1) is 5.81. The second-order valence-electron chi connectivity index (χ2n) is 2.67. The van der Waals surface area contributed by atoms with E-state index in [1.165, 1.54) is 0 Å². The molecule has 1 heterocycles. The summed E-state index contributed by atoms with van der Waals surface area (Å²) in [6.45, 7) is 0.0225. The van der Waals surface area contributed by atoms with E-state index in [0.717, 1.165) is 16.5 Å². The van der Waals surface area contributed by atoms with Gasteiger partial charge in [-0.15, -0.1) is 0 Å². The number of H-pyrrole nitrogens is 1. The highest BCUT2D eigenvalue weighted by atomic mass is 35.5. The molecule has 2 N–H and O–H groups in total. The zero-order valence-electron chi connectivity index (χ0n) is 6.34. The third-order valence-electron chi connectivity index (χ3n) is 1.86. The van der Waals surface area contributed by atoms with Crippen LogP contribution in [-0.4, -0.2) is 10.1 Å². The number of hydrogen-bond acceptors (Lipinski definition) is 1. The lowest BCUT2D eigenvalue weighted by Gasteiger charge is -1.98. The SMILES string of the molecule is OCc1cc(Cl)c2cc[nH]c2c1. The summed E-state index contributed by atoms with van der Waals surface area (Å²) in [7, 11) is 0. The van der Waals surface area contributed by atoms with Gasteiger partial charge in [-0.1, -0.05) is 11.6 Å². The van der Waals surface area contributed by atoms with Crippen molar-refractivity contribution in [2.45, 2.75) is 6.61 Å². The van der Waals surface area contributed by atoms with Gasteiger partial charge in [0.15, 0.2) is 0 Å². The average Bonchev–Trinajstić information content (AvgIpc) is 2.52. The molecule has 0 atom stereocenters. The summed E-state index contributed by atoms with van der Waals surface area (Å²) >= 11 is 5.95. The Bertz CT molecular complexity index is 408. The summed E-state index contributed by atoms with van der Waals surface area (Å²) in [5, 5.41) is 10.6. The van der Waals surface area contributed by atoms with Gasteiger partial charge in [-0.3, -0.25) is 0 Å². The summed E-state index contributed by atoms with van der Waals surface area (Å²) in [5.74, 6) is 0. The fourth-order valence-electron chi connectivity index (χ4n) is 1.27. The van der Waals surface area contributed by atoms with Crippen LogP contribution in [0.25, 0.3) is 10.9 Å². The molecule has 0 radical (unpaired) electrons. The van der Waals surface area contributed by atoms with E-state index in [9.17, 15) is 0 Å². The first-order valence-electron chi connectivity index (χ1n) is 3.67. The first kappa shape index (κ1) is 7.65. The largest absolute Gasteiger partial charge is 0.392 e. The minimum absolute atomic E-state index is 0.0225. The van der Waals surface area contributed by atoms with Crippen molar-refractivity contribution < 1.29 is 5.11 Å². The van der Waals surface area contributed by atoms with Gasteiger partial charge in [-0.2, -0.15) is 0 Å². The zero-order chi connectivity index (χ0) is 8.55. The van der Waals surface area contributed by atoms with Crippen LogP contribution in [-0.2, 0) is 6.61 Å². The van der Waals surface area contributed by atoms with Crippen LogP contribution in [0.3, 0.4) is 0 Å². The lowest BCUT2D eigenvalue weighted by atomic mass is 10.2. The minimum Gasteiger partial charge on any atom is -0.392 e. The topological polar surface area (TPSA) is 36.0 Å². The Morgan fingerprint density at radius 2 is 2.25 bits per heavy atom. The molecule has 0 unspecified atom stereocenters. The van der Waals surface area contributed by atoms with Gasteiger partial charge >= 0.3 is 0 Å². The first-order valence-corrected chi connectivity index (χ1v) is 4.05. The molecule has 0 bridgehead atoms. The molecule has 62 valence electrons. The fourth-order valence-corrected chi connectivity index (χ4v) is 1.57. The Morgan fingerprint density at radius 3 is 3.00 bits per heavy atom. The Kier molecular flexibility index (Phi) is 1.79. The Hall–Kier alpha value is -0.990. The van der Waals surface area contributed by atoms with Crippen LogP contribution in [0.4, 0.5) is 0 Å². The quantitative estimate of drug-likeness (QED) is 0.696. The number of fused-ring (bicyclic) bond motifs is 1. The third-order valence-corrected chi connectivity index (χ3v) is 2.17. The van der Waals surface area contributed by atoms with E-state index in [4.69, 9.17) is 16.7 Å². The molecule has 0 spiro atoms. The van der Waals surface area contributed by atoms with Gasteiger partial charge in [0.05, 0.1) is 11.6 Å². The summed E-state index contributed by atoms with van der Waals surface area (Å²) in [6, 6.07) is 5.58. The molecule has 1 aromatic heterocycles. The van der Waals surface area contributed by atoms with Crippen LogP contribution < -0.4 is 0 Å². The van der Waals surface area contributed by atoms with Crippen LogP contribution in [0.1, 0.15) is 5.56 Å². The van der Waals surface area contributed by atoms with Gasteiger partial charge in [0, 0.05) is 17.1 Å². The summed E-state index contributed by atoms with van der Waals surface area (Å²) in [5.41, 5.74) is 1.79. The number of aromatic amines is 1. The molecule has 12 heavy (non-hydrogen) atoms. The number of aliphatic hydroxyl groups is 1. The zero-order valence-corrected chi connectivity index (χ0v) is 7.10. The third kappa shape index (κ3) is 1.09. The normalized spacial score (nSPS) is 10.8. The summed E-state index contributed by atoms with van der Waals surface area (Å²) in [4.78, 5) is 3.04. The molecule has 0 amide bonds. The van der Waals surface area contributed by atoms with Crippen molar-refractivity contribution in [1.29, 1.82) is 0 Å². The molecule has 0 saturated carbocycles. The molecule has 0 aliphatic rings. The van der Waals surface area contributed by atoms with Gasteiger partial charge in [0.25, 0.3) is 0 Å². The van der Waals surface area contributed by atoms with Crippen LogP contribution in [0.5, 0.6) is 0 Å². The van der Waals surface area contributed by atoms with E-state index >= 15 is 0 Å². The van der Waals surface area contributed by atoms with Crippen LogP contribution >= 0.6 is 11.6 Å². The van der Waals surface area contributed by atoms with Gasteiger partial charge < -0.3 is 10.1 Å². The molecular formula is C9H8ClNO. The molecule has 0 aliphatic heterocycles. The molecule has 2 nitrogen and oxygen atoms in total. The van der Waals surface area contributed by atoms with Gasteiger partial charge in [0.2, 0.25) is 0 Å². The van der Waals surface area contributed by atoms with Crippen molar-refractivity contribution in [3.8, 4) is 0 Å². The number of aromatic nitrogens is 1. The van der Waals surface area contributed by atoms with Crippen molar-refractivity contribution in [1.82, 2.24) is 4.98 Å². The number of aliphatic hydroxyl groups excluding tert-OH is 1. The molecule has 2 rings (SSSR count). The second kappa shape index (κ2) is 2.81. The highest BCUT2D eigenvalue weighted by Crippen LogP contribution is 2.24. The van der Waals surface area contributed by atoms with Gasteiger partial charge in [-0.25, -0.2) is 0 Å². The van der Waals surface area contributed by atoms with Crippen LogP contribution in [0.15, 0.2) is 24.4 Å². The smallest absolute Gasteiger partial charge is 0.0683 e. The van der Waals surface area contributed by atoms with Crippen molar-refractivity contribution >= 4 is 22.5 Å². The molecule has 3 heteroatoms. The number of benzene rings is 1. The van der Waals surface area contributed by atoms with E-state index in [0.29, 0.717) is 5.02 Å². The summed E-state index contributed by atoms with van der Waals surface area (Å²) in [6.07, 6.45) is 1.83. The summed E-state index contributed by atoms with van der Waals surface area (Å²) < 4.78 is 0. The van der Waals surface area contributed by atoms with Crippen molar-refractivity contribution in [3.05, 3.63) is 35.0 Å². The molecule has 2 aromatic rings. The Labute approximate surface area is 74.8 Å². The van der Waals surface area contributed by atoms with E-state index in [1.54, 1.807) is 6.07 Å². The van der Waals surface area contributed by atoms with Crippen LogP contribution in [0, 0.1) is 0 Å². The molecule has 0 aliphatic carbocycles. The average molecular weight is 182 g/mol. The number of nitrogens with one attached hydrogen (secondary N) is 1. The Balaban J connectivity index is 2.75. The van der Waals surface area contributed by atoms with Crippen molar-refractivity contribution in [2.24, 2.45) is 0 Å². The Morgan fingerprint density at radius 1 is 1.42 bits per heavy atom. The maximum Gasteiger partial charge on any atom is 0.0683 e. The number of rotatable bonds is 1. The van der Waals surface area contributed by atoms with Gasteiger partial charge in [0.1, 0.15) is 0 Å². The van der Waals surface area contributed by atoms with E-state index < -0.39 is 0 Å². The molecular weight excluding hydrogens is 174 g/mol. The van der Waals surface area contributed by atoms with E-state index in [2.05, 4.69) is 4.98 Å². The number of hydrogen-bond donors (Lipinski definition) is 2. The minimum atomic E-state index is 0.0225. The second-order valence-corrected chi connectivity index (χ2v) is 3.08. The lowest BCUT2D eigenvalue weighted by molar-refractivity contribution is 0.282. The predicted molar refractivity (Wildman–Crippen MR) is 49.2 cm³/mol. The lowest BCUT2D eigenvalue weighted by Crippen LogP contribution is -1.82. The van der Waals surface area contributed by atoms with E-state index in [-0.39, 0.29) is 6.61 Å². The molecule has 0 fully saturated rings. The monoisotopic (exact) mass is 181 g/mol. The highest BCUT2D eigenvalue weighted by Gasteiger charge is 2.01. The van der Waals surface area contributed by atoms with Crippen molar-refractivity contribution in [3.63, 3.8) is 0 Å². The standard InChI is InChI=1S/C9H8ClNO/c10-8-3-6(5-12)4-9-7(8)1-2-11-9/h1-4,11-12H,5H2. The molecule has 0 saturated heterocycles. The fraction of sp³-hybridized carbons (Fsp3) is 0.111. The maximum atomic E-state index is 8.89. The highest BCUT2D eigenvalue weighted by molar-refractivity contribution is 6.35. The maximum absolute atomic E-state index is 8.89. The van der Waals surface area contributed by atoms with Crippen molar-refractivity contribution in [2.75, 3.05) is 0 Å². The predicted octanol–water partition coefficient (Wildman–Crippen LogP) is 2.31. The number of halogens is 1. The van der Waals surface area contributed by atoms with E-state index in [1.807, 2.05) is 18.3 Å².